The first kappa shape index (κ1) is 14.5. The summed E-state index contributed by atoms with van der Waals surface area (Å²) in [4.78, 5) is 24.5. The van der Waals surface area contributed by atoms with Crippen LogP contribution in [0.1, 0.15) is 50.5 Å². The third-order valence-corrected chi connectivity index (χ3v) is 6.28. The van der Waals surface area contributed by atoms with Gasteiger partial charge in [-0.15, -0.1) is 0 Å². The van der Waals surface area contributed by atoms with Crippen molar-refractivity contribution in [2.24, 2.45) is 22.9 Å². The lowest BCUT2D eigenvalue weighted by molar-refractivity contribution is 0.0123. The van der Waals surface area contributed by atoms with Crippen LogP contribution < -0.4 is 0 Å². The van der Waals surface area contributed by atoms with Crippen LogP contribution in [-0.4, -0.2) is 44.8 Å². The van der Waals surface area contributed by atoms with Gasteiger partial charge < -0.3 is 14.3 Å². The van der Waals surface area contributed by atoms with Crippen molar-refractivity contribution in [2.45, 2.75) is 51.2 Å². The summed E-state index contributed by atoms with van der Waals surface area (Å²) in [5, 5.41) is 4.30. The van der Waals surface area contributed by atoms with Crippen LogP contribution in [0.5, 0.6) is 0 Å². The minimum atomic E-state index is -0.159. The van der Waals surface area contributed by atoms with Crippen LogP contribution in [0.2, 0.25) is 0 Å². The first-order valence-corrected chi connectivity index (χ1v) is 8.95. The maximum Gasteiger partial charge on any atom is 0.274 e. The van der Waals surface area contributed by atoms with Gasteiger partial charge in [-0.1, -0.05) is 5.16 Å². The number of hydrogen-bond donors (Lipinski definition) is 0. The second-order valence-electron chi connectivity index (χ2n) is 8.84. The molecule has 3 fully saturated rings. The molecule has 4 aliphatic rings. The molecule has 1 aromatic rings. The number of fused-ring (bicyclic) bond motifs is 1. The van der Waals surface area contributed by atoms with Crippen LogP contribution in [0, 0.1) is 17.8 Å². The molecule has 6 nitrogen and oxygen atoms in total. The van der Waals surface area contributed by atoms with E-state index >= 15 is 0 Å². The number of piperidine rings is 1. The number of amides is 1. The monoisotopic (exact) mass is 328 g/mol. The van der Waals surface area contributed by atoms with Gasteiger partial charge in [0.05, 0.1) is 12.0 Å². The molecular formula is C18H24N4O2. The molecule has 2 aliphatic carbocycles. The number of likely N-dealkylation sites (tertiary alicyclic amines) is 1. The van der Waals surface area contributed by atoms with E-state index in [0.717, 1.165) is 19.5 Å². The van der Waals surface area contributed by atoms with E-state index in [1.54, 1.807) is 0 Å². The third kappa shape index (κ3) is 2.11. The molecule has 6 heteroatoms. The Balaban J connectivity index is 1.23. The SMILES string of the molecule is CC1(C)CC(C2C3CN(C(=O)c4cn(C5(C)CC5)cn4)CC32)=NO1. The summed E-state index contributed by atoms with van der Waals surface area (Å²) in [6, 6.07) is 0. The molecule has 3 heterocycles. The van der Waals surface area contributed by atoms with E-state index in [1.165, 1.54) is 18.6 Å². The Morgan fingerprint density at radius 1 is 1.25 bits per heavy atom. The average Bonchev–Trinajstić information content (AvgIpc) is 3.19. The number of carbonyl (C=O) groups excluding carboxylic acids is 1. The van der Waals surface area contributed by atoms with Crippen molar-refractivity contribution in [3.8, 4) is 0 Å². The molecule has 0 spiro atoms. The summed E-state index contributed by atoms with van der Waals surface area (Å²) < 4.78 is 2.10. The zero-order chi connectivity index (χ0) is 16.7. The van der Waals surface area contributed by atoms with Crippen LogP contribution in [0.25, 0.3) is 0 Å². The second kappa shape index (κ2) is 4.41. The molecule has 2 unspecified atom stereocenters. The lowest BCUT2D eigenvalue weighted by Crippen LogP contribution is -2.33. The molecule has 2 atom stereocenters. The number of rotatable bonds is 3. The third-order valence-electron chi connectivity index (χ3n) is 6.28. The Kier molecular flexibility index (Phi) is 2.66. The highest BCUT2D eigenvalue weighted by molar-refractivity contribution is 5.94. The van der Waals surface area contributed by atoms with Crippen molar-refractivity contribution >= 4 is 11.6 Å². The topological polar surface area (TPSA) is 59.7 Å². The lowest BCUT2D eigenvalue weighted by Gasteiger charge is -2.19. The minimum Gasteiger partial charge on any atom is -0.389 e. The van der Waals surface area contributed by atoms with Gasteiger partial charge in [-0.25, -0.2) is 4.98 Å². The fraction of sp³-hybridized carbons (Fsp3) is 0.722. The fourth-order valence-corrected chi connectivity index (χ4v) is 4.38. The van der Waals surface area contributed by atoms with Crippen molar-refractivity contribution in [3.63, 3.8) is 0 Å². The molecule has 5 rings (SSSR count). The highest BCUT2D eigenvalue weighted by Crippen LogP contribution is 2.54. The van der Waals surface area contributed by atoms with Crippen LogP contribution >= 0.6 is 0 Å². The van der Waals surface area contributed by atoms with Gasteiger partial charge in [0, 0.05) is 37.2 Å². The Bertz CT molecular complexity index is 734. The summed E-state index contributed by atoms with van der Waals surface area (Å²) >= 11 is 0. The van der Waals surface area contributed by atoms with Crippen LogP contribution in [0.4, 0.5) is 0 Å². The van der Waals surface area contributed by atoms with Crippen molar-refractivity contribution in [2.75, 3.05) is 13.1 Å². The van der Waals surface area contributed by atoms with Crippen molar-refractivity contribution in [1.29, 1.82) is 0 Å². The molecule has 1 aromatic heterocycles. The second-order valence-corrected chi connectivity index (χ2v) is 8.84. The molecule has 1 amide bonds. The van der Waals surface area contributed by atoms with Crippen molar-refractivity contribution in [3.05, 3.63) is 18.2 Å². The molecule has 0 aromatic carbocycles. The van der Waals surface area contributed by atoms with E-state index in [-0.39, 0.29) is 17.0 Å². The molecule has 24 heavy (non-hydrogen) atoms. The number of aromatic nitrogens is 2. The minimum absolute atomic E-state index is 0.0777. The van der Waals surface area contributed by atoms with Gasteiger partial charge in [0.25, 0.3) is 5.91 Å². The molecule has 0 radical (unpaired) electrons. The van der Waals surface area contributed by atoms with E-state index < -0.39 is 0 Å². The van der Waals surface area contributed by atoms with Gasteiger partial charge in [0.2, 0.25) is 0 Å². The molecule has 2 saturated carbocycles. The zero-order valence-electron chi connectivity index (χ0n) is 14.5. The van der Waals surface area contributed by atoms with Gasteiger partial charge >= 0.3 is 0 Å². The van der Waals surface area contributed by atoms with Gasteiger partial charge in [0.1, 0.15) is 11.3 Å². The summed E-state index contributed by atoms with van der Waals surface area (Å²) in [5.74, 6) is 1.73. The molecule has 128 valence electrons. The van der Waals surface area contributed by atoms with Gasteiger partial charge in [0.15, 0.2) is 0 Å². The van der Waals surface area contributed by atoms with Crippen LogP contribution in [0.3, 0.4) is 0 Å². The van der Waals surface area contributed by atoms with E-state index in [0.29, 0.717) is 23.4 Å². The zero-order valence-corrected chi connectivity index (χ0v) is 14.5. The fourth-order valence-electron chi connectivity index (χ4n) is 4.38. The highest BCUT2D eigenvalue weighted by atomic mass is 16.7. The number of imidazole rings is 1. The van der Waals surface area contributed by atoms with E-state index in [4.69, 9.17) is 4.84 Å². The van der Waals surface area contributed by atoms with Crippen LogP contribution in [0.15, 0.2) is 17.7 Å². The summed E-state index contributed by atoms with van der Waals surface area (Å²) in [5.41, 5.74) is 1.82. The molecule has 0 bridgehead atoms. The summed E-state index contributed by atoms with van der Waals surface area (Å²) in [6.07, 6.45) is 7.00. The molecule has 2 aliphatic heterocycles. The standard InChI is InChI=1S/C18H24N4O2/c1-17(2)6-13(20-24-17)15-11-7-21(8-12(11)15)16(23)14-9-22(10-19-14)18(3)4-5-18/h9-12,15H,4-8H2,1-3H3. The van der Waals surface area contributed by atoms with E-state index in [1.807, 2.05) is 17.4 Å². The summed E-state index contributed by atoms with van der Waals surface area (Å²) in [6.45, 7) is 8.03. The van der Waals surface area contributed by atoms with Crippen LogP contribution in [-0.2, 0) is 10.4 Å². The first-order valence-electron chi connectivity index (χ1n) is 8.95. The maximum absolute atomic E-state index is 12.7. The predicted octanol–water partition coefficient (Wildman–Crippen LogP) is 2.27. The number of oxime groups is 1. The average molecular weight is 328 g/mol. The van der Waals surface area contributed by atoms with E-state index in [2.05, 4.69) is 35.5 Å². The first-order chi connectivity index (χ1) is 11.4. The Labute approximate surface area is 141 Å². The molecule has 1 saturated heterocycles. The lowest BCUT2D eigenvalue weighted by atomic mass is 9.98. The molecule has 0 N–H and O–H groups in total. The largest absolute Gasteiger partial charge is 0.389 e. The normalized spacial score (nSPS) is 34.5. The maximum atomic E-state index is 12.7. The summed E-state index contributed by atoms with van der Waals surface area (Å²) in [7, 11) is 0. The number of hydrogen-bond acceptors (Lipinski definition) is 4. The Hall–Kier alpha value is -1.85. The molecular weight excluding hydrogens is 304 g/mol. The smallest absolute Gasteiger partial charge is 0.274 e. The van der Waals surface area contributed by atoms with Gasteiger partial charge in [-0.2, -0.15) is 0 Å². The predicted molar refractivity (Wildman–Crippen MR) is 88.7 cm³/mol. The van der Waals surface area contributed by atoms with Gasteiger partial charge in [-0.3, -0.25) is 4.79 Å². The van der Waals surface area contributed by atoms with Crippen molar-refractivity contribution < 1.29 is 9.63 Å². The quantitative estimate of drug-likeness (QED) is 0.855. The number of nitrogens with zero attached hydrogens (tertiary/aromatic N) is 4. The Morgan fingerprint density at radius 3 is 2.54 bits per heavy atom. The number of carbonyl (C=O) groups is 1. The van der Waals surface area contributed by atoms with Crippen molar-refractivity contribution in [1.82, 2.24) is 14.5 Å². The highest BCUT2D eigenvalue weighted by Gasteiger charge is 2.60. The van der Waals surface area contributed by atoms with Gasteiger partial charge in [-0.05, 0) is 45.4 Å². The van der Waals surface area contributed by atoms with E-state index in [9.17, 15) is 4.79 Å². The Morgan fingerprint density at radius 2 is 1.96 bits per heavy atom.